The molecule has 0 fully saturated rings. The van der Waals surface area contributed by atoms with Crippen LogP contribution in [0.3, 0.4) is 0 Å². The Morgan fingerprint density at radius 2 is 1.73 bits per heavy atom. The lowest BCUT2D eigenvalue weighted by Crippen LogP contribution is -2.26. The van der Waals surface area contributed by atoms with Crippen molar-refractivity contribution in [1.82, 2.24) is 14.9 Å². The molecule has 0 aliphatic rings. The van der Waals surface area contributed by atoms with Gasteiger partial charge in [-0.1, -0.05) is 36.5 Å². The molecule has 3 rings (SSSR count). The zero-order chi connectivity index (χ0) is 15.5. The van der Waals surface area contributed by atoms with E-state index in [-0.39, 0.29) is 0 Å². The first-order valence-electron chi connectivity index (χ1n) is 7.34. The van der Waals surface area contributed by atoms with Gasteiger partial charge >= 0.3 is 0 Å². The van der Waals surface area contributed by atoms with E-state index in [0.29, 0.717) is 0 Å². The van der Waals surface area contributed by atoms with Crippen LogP contribution < -0.4 is 0 Å². The third-order valence-electron chi connectivity index (χ3n) is 3.62. The molecule has 1 aromatic carbocycles. The summed E-state index contributed by atoms with van der Waals surface area (Å²) in [4.78, 5) is 11.4. The van der Waals surface area contributed by atoms with E-state index < -0.39 is 0 Å². The minimum Gasteiger partial charge on any atom is -0.358 e. The van der Waals surface area contributed by atoms with Crippen LogP contribution in [0.1, 0.15) is 13.8 Å². The highest BCUT2D eigenvalue weighted by Gasteiger charge is 2.10. The van der Waals surface area contributed by atoms with E-state index in [1.54, 1.807) is 11.8 Å². The van der Waals surface area contributed by atoms with Crippen molar-refractivity contribution >= 4 is 50.1 Å². The molecule has 3 aromatic rings. The van der Waals surface area contributed by atoms with Crippen LogP contribution in [-0.4, -0.2) is 32.3 Å². The summed E-state index contributed by atoms with van der Waals surface area (Å²) in [7, 11) is 0. The van der Waals surface area contributed by atoms with Crippen molar-refractivity contribution in [2.75, 3.05) is 13.1 Å². The average Bonchev–Trinajstić information content (AvgIpc) is 2.56. The van der Waals surface area contributed by atoms with Crippen LogP contribution in [0, 0.1) is 0 Å². The summed E-state index contributed by atoms with van der Waals surface area (Å²) in [5.74, 6) is 0. The van der Waals surface area contributed by atoms with Crippen LogP contribution in [0.15, 0.2) is 47.6 Å². The molecule has 0 amide bonds. The van der Waals surface area contributed by atoms with Gasteiger partial charge in [0.2, 0.25) is 0 Å². The number of pyridine rings is 2. The van der Waals surface area contributed by atoms with Crippen LogP contribution in [0.5, 0.6) is 0 Å². The Morgan fingerprint density at radius 3 is 2.45 bits per heavy atom. The maximum absolute atomic E-state index is 5.51. The van der Waals surface area contributed by atoms with Crippen molar-refractivity contribution in [1.29, 1.82) is 0 Å². The fourth-order valence-corrected chi connectivity index (χ4v) is 3.75. The smallest absolute Gasteiger partial charge is 0.142 e. The van der Waals surface area contributed by atoms with Crippen molar-refractivity contribution in [3.63, 3.8) is 0 Å². The van der Waals surface area contributed by atoms with E-state index in [1.807, 2.05) is 18.3 Å². The zero-order valence-electron chi connectivity index (χ0n) is 12.6. The van der Waals surface area contributed by atoms with Gasteiger partial charge in [-0.2, -0.15) is 0 Å². The molecule has 2 aromatic heterocycles. The standard InChI is InChI=1S/C17H17N3S2/c1-3-20(4-2)17(21)22-14-10-9-13-8-7-12-6-5-11-18-15(12)16(13)19-14/h5-11H,3-4H2,1-2H3. The lowest BCUT2D eigenvalue weighted by molar-refractivity contribution is 0.482. The summed E-state index contributed by atoms with van der Waals surface area (Å²) in [6.45, 7) is 6.06. The van der Waals surface area contributed by atoms with Gasteiger partial charge in [0.05, 0.1) is 11.0 Å². The number of thiocarbonyl (C=S) groups is 1. The van der Waals surface area contributed by atoms with E-state index in [9.17, 15) is 0 Å². The quantitative estimate of drug-likeness (QED) is 0.401. The molecule has 0 radical (unpaired) electrons. The first-order valence-corrected chi connectivity index (χ1v) is 8.56. The molecule has 2 heterocycles. The van der Waals surface area contributed by atoms with E-state index >= 15 is 0 Å². The van der Waals surface area contributed by atoms with Crippen molar-refractivity contribution in [2.45, 2.75) is 18.9 Å². The monoisotopic (exact) mass is 327 g/mol. The molecule has 22 heavy (non-hydrogen) atoms. The average molecular weight is 327 g/mol. The zero-order valence-corrected chi connectivity index (χ0v) is 14.2. The predicted octanol–water partition coefficient (Wildman–Crippen LogP) is 4.50. The maximum atomic E-state index is 5.51. The second-order valence-electron chi connectivity index (χ2n) is 4.90. The summed E-state index contributed by atoms with van der Waals surface area (Å²) in [5, 5.41) is 3.13. The first-order chi connectivity index (χ1) is 10.7. The van der Waals surface area contributed by atoms with Gasteiger partial charge in [0.1, 0.15) is 9.35 Å². The molecular formula is C17H17N3S2. The molecule has 0 aliphatic heterocycles. The van der Waals surface area contributed by atoms with Crippen molar-refractivity contribution in [3.8, 4) is 0 Å². The number of hydrogen-bond acceptors (Lipinski definition) is 4. The molecule has 0 unspecified atom stereocenters. The molecule has 112 valence electrons. The third-order valence-corrected chi connectivity index (χ3v) is 5.00. The van der Waals surface area contributed by atoms with Crippen molar-refractivity contribution in [2.24, 2.45) is 0 Å². The van der Waals surface area contributed by atoms with E-state index in [2.05, 4.69) is 48.0 Å². The number of rotatable bonds is 3. The van der Waals surface area contributed by atoms with Crippen molar-refractivity contribution in [3.05, 3.63) is 42.6 Å². The SMILES string of the molecule is CCN(CC)C(=S)Sc1ccc2ccc3cccnc3c2n1. The number of nitrogens with zero attached hydrogens (tertiary/aromatic N) is 3. The third kappa shape index (κ3) is 2.91. The van der Waals surface area contributed by atoms with Crippen LogP contribution in [0.4, 0.5) is 0 Å². The Morgan fingerprint density at radius 1 is 1.05 bits per heavy atom. The van der Waals surface area contributed by atoms with Crippen molar-refractivity contribution < 1.29 is 0 Å². The summed E-state index contributed by atoms with van der Waals surface area (Å²) in [6.07, 6.45) is 1.81. The van der Waals surface area contributed by atoms with E-state index in [0.717, 1.165) is 44.2 Å². The van der Waals surface area contributed by atoms with Gasteiger partial charge in [-0.25, -0.2) is 4.98 Å². The van der Waals surface area contributed by atoms with Crippen LogP contribution >= 0.6 is 24.0 Å². The van der Waals surface area contributed by atoms with Gasteiger partial charge in [0.15, 0.2) is 0 Å². The minimum atomic E-state index is 0.866. The second-order valence-corrected chi connectivity index (χ2v) is 6.56. The molecule has 0 saturated carbocycles. The summed E-state index contributed by atoms with van der Waals surface area (Å²) in [5.41, 5.74) is 1.88. The largest absolute Gasteiger partial charge is 0.358 e. The lowest BCUT2D eigenvalue weighted by atomic mass is 10.1. The topological polar surface area (TPSA) is 29.0 Å². The fraction of sp³-hybridized carbons (Fsp3) is 0.235. The fourth-order valence-electron chi connectivity index (χ4n) is 2.40. The van der Waals surface area contributed by atoms with Crippen LogP contribution in [-0.2, 0) is 0 Å². The highest BCUT2D eigenvalue weighted by atomic mass is 32.2. The molecular weight excluding hydrogens is 310 g/mol. The number of hydrogen-bond donors (Lipinski definition) is 0. The Hall–Kier alpha value is -1.72. The molecule has 0 spiro atoms. The first kappa shape index (κ1) is 15.2. The maximum Gasteiger partial charge on any atom is 0.142 e. The molecule has 0 bridgehead atoms. The number of benzene rings is 1. The Balaban J connectivity index is 2.02. The summed E-state index contributed by atoms with van der Waals surface area (Å²) >= 11 is 7.05. The van der Waals surface area contributed by atoms with Gasteiger partial charge < -0.3 is 4.90 Å². The number of aromatic nitrogens is 2. The molecule has 0 aliphatic carbocycles. The Bertz CT molecular complexity index is 828. The molecule has 3 nitrogen and oxygen atoms in total. The molecule has 0 N–H and O–H groups in total. The Labute approximate surface area is 139 Å². The second kappa shape index (κ2) is 6.58. The predicted molar refractivity (Wildman–Crippen MR) is 98.4 cm³/mol. The van der Waals surface area contributed by atoms with Crippen LogP contribution in [0.2, 0.25) is 0 Å². The Kier molecular flexibility index (Phi) is 4.55. The van der Waals surface area contributed by atoms with Gasteiger partial charge in [0, 0.05) is 30.1 Å². The highest BCUT2D eigenvalue weighted by molar-refractivity contribution is 8.22. The lowest BCUT2D eigenvalue weighted by Gasteiger charge is -2.20. The molecule has 0 saturated heterocycles. The summed E-state index contributed by atoms with van der Waals surface area (Å²) in [6, 6.07) is 12.3. The summed E-state index contributed by atoms with van der Waals surface area (Å²) < 4.78 is 0.866. The van der Waals surface area contributed by atoms with Crippen LogP contribution in [0.25, 0.3) is 21.8 Å². The normalized spacial score (nSPS) is 11.0. The molecule has 0 atom stereocenters. The van der Waals surface area contributed by atoms with Gasteiger partial charge in [-0.3, -0.25) is 4.98 Å². The van der Waals surface area contributed by atoms with E-state index in [4.69, 9.17) is 17.2 Å². The number of thioether (sulfide) groups is 1. The van der Waals surface area contributed by atoms with Gasteiger partial charge in [-0.15, -0.1) is 0 Å². The highest BCUT2D eigenvalue weighted by Crippen LogP contribution is 2.26. The number of fused-ring (bicyclic) bond motifs is 3. The van der Waals surface area contributed by atoms with E-state index in [1.165, 1.54) is 0 Å². The van der Waals surface area contributed by atoms with Gasteiger partial charge in [-0.05, 0) is 37.7 Å². The molecule has 5 heteroatoms. The minimum absolute atomic E-state index is 0.866. The van der Waals surface area contributed by atoms with Gasteiger partial charge in [0.25, 0.3) is 0 Å².